The zero-order valence-corrected chi connectivity index (χ0v) is 13.4. The van der Waals surface area contributed by atoms with Crippen LogP contribution in [0.5, 0.6) is 0 Å². The lowest BCUT2D eigenvalue weighted by Gasteiger charge is -2.29. The molecule has 1 aliphatic heterocycles. The molecular weight excluding hydrogens is 301 g/mol. The predicted octanol–water partition coefficient (Wildman–Crippen LogP) is 2.27. The van der Waals surface area contributed by atoms with Crippen LogP contribution in [0, 0.1) is 11.7 Å². The van der Waals surface area contributed by atoms with Crippen LogP contribution >= 0.6 is 0 Å². The molecule has 1 amide bonds. The van der Waals surface area contributed by atoms with Crippen LogP contribution in [-0.4, -0.2) is 34.7 Å². The van der Waals surface area contributed by atoms with Gasteiger partial charge in [-0.25, -0.2) is 9.18 Å². The highest BCUT2D eigenvalue weighted by Gasteiger charge is 2.51. The molecule has 23 heavy (non-hydrogen) atoms. The zero-order valence-electron chi connectivity index (χ0n) is 13.4. The molecule has 0 spiro atoms. The first-order valence-electron chi connectivity index (χ1n) is 7.71. The Morgan fingerprint density at radius 3 is 2.57 bits per heavy atom. The second kappa shape index (κ2) is 5.30. The summed E-state index contributed by atoms with van der Waals surface area (Å²) in [7, 11) is 0. The largest absolute Gasteiger partial charge is 0.456 e. The minimum Gasteiger partial charge on any atom is -0.456 e. The molecule has 1 saturated heterocycles. The van der Waals surface area contributed by atoms with Gasteiger partial charge in [-0.05, 0) is 51.8 Å². The van der Waals surface area contributed by atoms with Gasteiger partial charge in [-0.2, -0.15) is 0 Å². The fraction of sp³-hybridized carbons (Fsp3) is 0.529. The summed E-state index contributed by atoms with van der Waals surface area (Å²) in [6.45, 7) is 5.21. The summed E-state index contributed by atoms with van der Waals surface area (Å²) < 4.78 is 19.6. The number of halogens is 1. The minimum atomic E-state index is -0.660. The summed E-state index contributed by atoms with van der Waals surface area (Å²) in [6.07, 6.45) is 0.379. The summed E-state index contributed by atoms with van der Waals surface area (Å²) in [6, 6.07) is 3.81. The molecule has 6 heteroatoms. The molecule has 2 aliphatic rings. The van der Waals surface area contributed by atoms with Crippen molar-refractivity contribution in [3.63, 3.8) is 0 Å². The Kier molecular flexibility index (Phi) is 3.67. The molecule has 3 atom stereocenters. The Hall–Kier alpha value is -1.95. The predicted molar refractivity (Wildman–Crippen MR) is 81.6 cm³/mol. The summed E-state index contributed by atoms with van der Waals surface area (Å²) in [5.74, 6) is -1.93. The first kappa shape index (κ1) is 15.9. The standard InChI is InChI=1S/C17H20FNO4/c1-17(2,3)23-16(22)9-4-5-13(12(18)6-9)19-10-7-11(15(19)21)14(20)8-10/h4-6,10-11,14,20H,7-8H2,1-3H3/t10-,11+,14+/m0/s1. The van der Waals surface area contributed by atoms with Crippen LogP contribution in [0.3, 0.4) is 0 Å². The van der Waals surface area contributed by atoms with Gasteiger partial charge in [0.15, 0.2) is 0 Å². The Morgan fingerprint density at radius 2 is 2.04 bits per heavy atom. The van der Waals surface area contributed by atoms with Crippen LogP contribution in [-0.2, 0) is 9.53 Å². The number of aliphatic hydroxyl groups excluding tert-OH is 1. The third-order valence-electron chi connectivity index (χ3n) is 4.27. The normalized spacial score (nSPS) is 26.7. The summed E-state index contributed by atoms with van der Waals surface area (Å²) in [5.41, 5.74) is -0.397. The van der Waals surface area contributed by atoms with Gasteiger partial charge in [-0.1, -0.05) is 0 Å². The maximum atomic E-state index is 14.4. The fourth-order valence-corrected chi connectivity index (χ4v) is 3.31. The van der Waals surface area contributed by atoms with E-state index in [9.17, 15) is 19.1 Å². The maximum Gasteiger partial charge on any atom is 0.338 e. The monoisotopic (exact) mass is 321 g/mol. The van der Waals surface area contributed by atoms with E-state index in [4.69, 9.17) is 4.74 Å². The van der Waals surface area contributed by atoms with E-state index in [1.54, 1.807) is 20.8 Å². The van der Waals surface area contributed by atoms with Gasteiger partial charge in [-0.15, -0.1) is 0 Å². The van der Waals surface area contributed by atoms with E-state index in [1.807, 2.05) is 0 Å². The van der Waals surface area contributed by atoms with Gasteiger partial charge in [0, 0.05) is 6.04 Å². The number of hydrogen-bond donors (Lipinski definition) is 1. The lowest BCUT2D eigenvalue weighted by atomic mass is 10.0. The molecule has 1 saturated carbocycles. The van der Waals surface area contributed by atoms with Crippen LogP contribution < -0.4 is 4.90 Å². The first-order valence-corrected chi connectivity index (χ1v) is 7.71. The van der Waals surface area contributed by atoms with Crippen molar-refractivity contribution in [2.45, 2.75) is 51.4 Å². The van der Waals surface area contributed by atoms with Crippen LogP contribution in [0.15, 0.2) is 18.2 Å². The van der Waals surface area contributed by atoms with Gasteiger partial charge in [0.25, 0.3) is 0 Å². The van der Waals surface area contributed by atoms with Crippen LogP contribution in [0.4, 0.5) is 10.1 Å². The van der Waals surface area contributed by atoms with Crippen LogP contribution in [0.1, 0.15) is 44.0 Å². The number of ether oxygens (including phenoxy) is 1. The van der Waals surface area contributed by atoms with Gasteiger partial charge < -0.3 is 14.7 Å². The number of anilines is 1. The third-order valence-corrected chi connectivity index (χ3v) is 4.27. The van der Waals surface area contributed by atoms with Crippen molar-refractivity contribution in [1.82, 2.24) is 0 Å². The average molecular weight is 321 g/mol. The number of aliphatic hydroxyl groups is 1. The smallest absolute Gasteiger partial charge is 0.338 e. The van der Waals surface area contributed by atoms with E-state index in [-0.39, 0.29) is 23.2 Å². The third kappa shape index (κ3) is 2.83. The first-order chi connectivity index (χ1) is 10.7. The number of fused-ring (bicyclic) bond motifs is 2. The molecule has 0 unspecified atom stereocenters. The van der Waals surface area contributed by atoms with Crippen molar-refractivity contribution in [1.29, 1.82) is 0 Å². The number of carbonyl (C=O) groups is 2. The summed E-state index contributed by atoms with van der Waals surface area (Å²) in [5, 5.41) is 9.75. The van der Waals surface area contributed by atoms with Crippen molar-refractivity contribution < 1.29 is 23.8 Å². The molecule has 1 heterocycles. The van der Waals surface area contributed by atoms with Gasteiger partial charge in [0.2, 0.25) is 5.91 Å². The fourth-order valence-electron chi connectivity index (χ4n) is 3.31. The molecule has 1 N–H and O–H groups in total. The van der Waals surface area contributed by atoms with E-state index in [2.05, 4.69) is 0 Å². The van der Waals surface area contributed by atoms with Crippen LogP contribution in [0.2, 0.25) is 0 Å². The number of benzene rings is 1. The summed E-state index contributed by atoms with van der Waals surface area (Å²) >= 11 is 0. The molecule has 1 aliphatic carbocycles. The van der Waals surface area contributed by atoms with Crippen molar-refractivity contribution in [3.05, 3.63) is 29.6 Å². The molecular formula is C17H20FNO4. The number of nitrogens with zero attached hydrogens (tertiary/aromatic N) is 1. The second-order valence-electron chi connectivity index (χ2n) is 7.18. The van der Waals surface area contributed by atoms with E-state index < -0.39 is 29.4 Å². The lowest BCUT2D eigenvalue weighted by molar-refractivity contribution is -0.124. The highest BCUT2D eigenvalue weighted by atomic mass is 19.1. The second-order valence-corrected chi connectivity index (χ2v) is 7.18. The molecule has 5 nitrogen and oxygen atoms in total. The van der Waals surface area contributed by atoms with Crippen molar-refractivity contribution >= 4 is 17.6 Å². The van der Waals surface area contributed by atoms with Crippen molar-refractivity contribution in [2.24, 2.45) is 5.92 Å². The number of hydrogen-bond acceptors (Lipinski definition) is 4. The summed E-state index contributed by atoms with van der Waals surface area (Å²) in [4.78, 5) is 25.6. The Morgan fingerprint density at radius 1 is 1.35 bits per heavy atom. The van der Waals surface area contributed by atoms with E-state index in [1.165, 1.54) is 17.0 Å². The Labute approximate surface area is 134 Å². The van der Waals surface area contributed by atoms with Gasteiger partial charge >= 0.3 is 5.97 Å². The molecule has 2 fully saturated rings. The number of esters is 1. The zero-order chi connectivity index (χ0) is 16.9. The van der Waals surface area contributed by atoms with Gasteiger partial charge in [0.05, 0.1) is 23.3 Å². The van der Waals surface area contributed by atoms with Gasteiger partial charge in [0.1, 0.15) is 11.4 Å². The molecule has 0 radical (unpaired) electrons. The maximum absolute atomic E-state index is 14.4. The van der Waals surface area contributed by atoms with Gasteiger partial charge in [-0.3, -0.25) is 4.79 Å². The number of amides is 1. The number of rotatable bonds is 2. The number of piperidine rings is 1. The quantitative estimate of drug-likeness (QED) is 0.849. The molecule has 3 rings (SSSR count). The molecule has 1 aromatic carbocycles. The lowest BCUT2D eigenvalue weighted by Crippen LogP contribution is -2.42. The number of carbonyl (C=O) groups excluding carboxylic acids is 2. The molecule has 1 aromatic rings. The highest BCUT2D eigenvalue weighted by Crippen LogP contribution is 2.42. The van der Waals surface area contributed by atoms with Crippen molar-refractivity contribution in [2.75, 3.05) is 4.90 Å². The highest BCUT2D eigenvalue weighted by molar-refractivity contribution is 6.00. The molecule has 2 bridgehead atoms. The molecule has 0 aromatic heterocycles. The van der Waals surface area contributed by atoms with Crippen molar-refractivity contribution in [3.8, 4) is 0 Å². The topological polar surface area (TPSA) is 66.8 Å². The van der Waals surface area contributed by atoms with E-state index in [0.29, 0.717) is 12.8 Å². The van der Waals surface area contributed by atoms with E-state index in [0.717, 1.165) is 6.07 Å². The Balaban J connectivity index is 1.84. The minimum absolute atomic E-state index is 0.109. The SMILES string of the molecule is CC(C)(C)OC(=O)c1ccc(N2C(=O)[C@@H]3C[C@H]2C[C@H]3O)c(F)c1. The van der Waals surface area contributed by atoms with E-state index >= 15 is 0 Å². The molecule has 124 valence electrons. The Bertz CT molecular complexity index is 667. The average Bonchev–Trinajstić information content (AvgIpc) is 2.93. The van der Waals surface area contributed by atoms with Crippen LogP contribution in [0.25, 0.3) is 0 Å².